The van der Waals surface area contributed by atoms with Gasteiger partial charge in [-0.3, -0.25) is 0 Å². The highest BCUT2D eigenvalue weighted by Gasteiger charge is 2.34. The summed E-state index contributed by atoms with van der Waals surface area (Å²) in [4.78, 5) is 0. The number of alkyl halides is 3. The van der Waals surface area contributed by atoms with Crippen LogP contribution in [0.5, 0.6) is 5.75 Å². The summed E-state index contributed by atoms with van der Waals surface area (Å²) in [6.45, 7) is 0. The molecule has 0 saturated heterocycles. The zero-order chi connectivity index (χ0) is 9.35. The molecular formula is C7H3BrF3O. The standard InChI is InChI=1S/C7H3BrF3O/c8-5-3-1-2-4(6(5)12)7(9,10)11/h2-3,12H. The quantitative estimate of drug-likeness (QED) is 0.738. The lowest BCUT2D eigenvalue weighted by molar-refractivity contribution is -0.138. The summed E-state index contributed by atoms with van der Waals surface area (Å²) in [5, 5.41) is 8.95. The van der Waals surface area contributed by atoms with Crippen LogP contribution in [0.2, 0.25) is 0 Å². The maximum Gasteiger partial charge on any atom is 0.420 e. The third-order valence-electron chi connectivity index (χ3n) is 1.22. The Morgan fingerprint density at radius 1 is 1.33 bits per heavy atom. The Morgan fingerprint density at radius 3 is 2.33 bits per heavy atom. The van der Waals surface area contributed by atoms with Crippen molar-refractivity contribution in [2.24, 2.45) is 0 Å². The highest BCUT2D eigenvalue weighted by atomic mass is 79.9. The maximum atomic E-state index is 12.0. The van der Waals surface area contributed by atoms with Gasteiger partial charge in [0.25, 0.3) is 0 Å². The molecule has 1 nitrogen and oxygen atoms in total. The van der Waals surface area contributed by atoms with E-state index in [2.05, 4.69) is 22.0 Å². The van der Waals surface area contributed by atoms with Gasteiger partial charge in [-0.15, -0.1) is 0 Å². The van der Waals surface area contributed by atoms with Gasteiger partial charge < -0.3 is 5.11 Å². The van der Waals surface area contributed by atoms with Crippen molar-refractivity contribution in [3.05, 3.63) is 28.2 Å². The van der Waals surface area contributed by atoms with E-state index in [0.29, 0.717) is 6.07 Å². The van der Waals surface area contributed by atoms with Crippen LogP contribution in [0.4, 0.5) is 13.2 Å². The highest BCUT2D eigenvalue weighted by molar-refractivity contribution is 9.10. The zero-order valence-corrected chi connectivity index (χ0v) is 7.20. The molecule has 1 radical (unpaired) electrons. The first-order chi connectivity index (χ1) is 5.43. The molecule has 1 rings (SSSR count). The SMILES string of the molecule is Oc1c(Br)c[c]cc1C(F)(F)F. The van der Waals surface area contributed by atoms with Crippen LogP contribution in [-0.2, 0) is 6.18 Å². The van der Waals surface area contributed by atoms with E-state index in [-0.39, 0.29) is 4.47 Å². The molecule has 65 valence electrons. The summed E-state index contributed by atoms with van der Waals surface area (Å²) in [7, 11) is 0. The fraction of sp³-hybridized carbons (Fsp3) is 0.143. The van der Waals surface area contributed by atoms with Crippen LogP contribution in [0.25, 0.3) is 0 Å². The number of hydrogen-bond donors (Lipinski definition) is 1. The number of phenolic OH excluding ortho intramolecular Hbond substituents is 1. The lowest BCUT2D eigenvalue weighted by Gasteiger charge is -2.08. The molecule has 0 aliphatic rings. The highest BCUT2D eigenvalue weighted by Crippen LogP contribution is 2.38. The van der Waals surface area contributed by atoms with Gasteiger partial charge in [0.15, 0.2) is 0 Å². The average Bonchev–Trinajstić information content (AvgIpc) is 1.92. The summed E-state index contributed by atoms with van der Waals surface area (Å²) in [6.07, 6.45) is -4.54. The van der Waals surface area contributed by atoms with Crippen molar-refractivity contribution in [2.75, 3.05) is 0 Å². The fourth-order valence-electron chi connectivity index (χ4n) is 0.680. The first-order valence-corrected chi connectivity index (χ1v) is 3.68. The molecule has 0 heterocycles. The first kappa shape index (κ1) is 9.38. The predicted octanol–water partition coefficient (Wildman–Crippen LogP) is 2.97. The van der Waals surface area contributed by atoms with Gasteiger partial charge in [-0.1, -0.05) is 0 Å². The van der Waals surface area contributed by atoms with Crippen LogP contribution in [0, 0.1) is 6.07 Å². The van der Waals surface area contributed by atoms with Gasteiger partial charge in [0.2, 0.25) is 0 Å². The normalized spacial score (nSPS) is 11.7. The van der Waals surface area contributed by atoms with Gasteiger partial charge in [-0.05, 0) is 34.1 Å². The Morgan fingerprint density at radius 2 is 1.92 bits per heavy atom. The minimum atomic E-state index is -4.54. The summed E-state index contributed by atoms with van der Waals surface area (Å²) in [5.74, 6) is -0.804. The summed E-state index contributed by atoms with van der Waals surface area (Å²) >= 11 is 2.76. The van der Waals surface area contributed by atoms with E-state index in [1.807, 2.05) is 0 Å². The number of benzene rings is 1. The van der Waals surface area contributed by atoms with E-state index in [4.69, 9.17) is 5.11 Å². The largest absolute Gasteiger partial charge is 0.506 e. The smallest absolute Gasteiger partial charge is 0.420 e. The van der Waals surface area contributed by atoms with E-state index >= 15 is 0 Å². The minimum absolute atomic E-state index is 0.0164. The van der Waals surface area contributed by atoms with Crippen molar-refractivity contribution in [3.63, 3.8) is 0 Å². The van der Waals surface area contributed by atoms with Gasteiger partial charge in [0.05, 0.1) is 10.0 Å². The van der Waals surface area contributed by atoms with Gasteiger partial charge in [0, 0.05) is 0 Å². The van der Waals surface area contributed by atoms with Crippen molar-refractivity contribution < 1.29 is 18.3 Å². The summed E-state index contributed by atoms with van der Waals surface area (Å²) in [6, 6.07) is 4.16. The number of hydrogen-bond acceptors (Lipinski definition) is 1. The van der Waals surface area contributed by atoms with Gasteiger partial charge in [0.1, 0.15) is 5.75 Å². The van der Waals surface area contributed by atoms with Crippen molar-refractivity contribution in [1.29, 1.82) is 0 Å². The van der Waals surface area contributed by atoms with Gasteiger partial charge >= 0.3 is 6.18 Å². The third-order valence-corrected chi connectivity index (χ3v) is 1.83. The molecular weight excluding hydrogens is 237 g/mol. The second-order valence-corrected chi connectivity index (χ2v) is 2.92. The molecule has 0 spiro atoms. The van der Waals surface area contributed by atoms with Crippen molar-refractivity contribution in [3.8, 4) is 5.75 Å². The molecule has 5 heteroatoms. The minimum Gasteiger partial charge on any atom is -0.506 e. The monoisotopic (exact) mass is 239 g/mol. The van der Waals surface area contributed by atoms with Crippen LogP contribution >= 0.6 is 15.9 Å². The molecule has 0 atom stereocenters. The fourth-order valence-corrected chi connectivity index (χ4v) is 1.03. The maximum absolute atomic E-state index is 12.0. The van der Waals surface area contributed by atoms with E-state index < -0.39 is 17.5 Å². The molecule has 0 saturated carbocycles. The number of halogens is 4. The van der Waals surface area contributed by atoms with Crippen molar-refractivity contribution >= 4 is 15.9 Å². The first-order valence-electron chi connectivity index (χ1n) is 2.88. The molecule has 0 aliphatic heterocycles. The van der Waals surface area contributed by atoms with Crippen LogP contribution < -0.4 is 0 Å². The topological polar surface area (TPSA) is 20.2 Å². The number of rotatable bonds is 0. The molecule has 1 aromatic carbocycles. The van der Waals surface area contributed by atoms with Gasteiger partial charge in [-0.2, -0.15) is 13.2 Å². The van der Waals surface area contributed by atoms with Crippen LogP contribution in [0.3, 0.4) is 0 Å². The molecule has 12 heavy (non-hydrogen) atoms. The van der Waals surface area contributed by atoms with E-state index in [1.54, 1.807) is 0 Å². The molecule has 1 N–H and O–H groups in total. The number of phenols is 1. The lowest BCUT2D eigenvalue weighted by atomic mass is 10.2. The molecule has 0 aliphatic carbocycles. The van der Waals surface area contributed by atoms with E-state index in [1.165, 1.54) is 6.07 Å². The Hall–Kier alpha value is -0.710. The summed E-state index contributed by atoms with van der Waals surface area (Å²) < 4.78 is 36.1. The Kier molecular flexibility index (Phi) is 2.32. The van der Waals surface area contributed by atoms with E-state index in [9.17, 15) is 13.2 Å². The molecule has 0 aromatic heterocycles. The Labute approximate surface area is 75.0 Å². The Bertz CT molecular complexity index is 295. The van der Waals surface area contributed by atoms with Gasteiger partial charge in [-0.25, -0.2) is 0 Å². The average molecular weight is 240 g/mol. The predicted molar refractivity (Wildman–Crippen MR) is 39.6 cm³/mol. The molecule has 0 fully saturated rings. The second-order valence-electron chi connectivity index (χ2n) is 2.06. The molecule has 0 amide bonds. The Balaban J connectivity index is 3.26. The summed E-state index contributed by atoms with van der Waals surface area (Å²) in [5.41, 5.74) is -1.09. The van der Waals surface area contributed by atoms with Crippen molar-refractivity contribution in [1.82, 2.24) is 0 Å². The van der Waals surface area contributed by atoms with Crippen LogP contribution in [0.15, 0.2) is 16.6 Å². The van der Waals surface area contributed by atoms with Crippen molar-refractivity contribution in [2.45, 2.75) is 6.18 Å². The number of aromatic hydroxyl groups is 1. The molecule has 0 unspecified atom stereocenters. The van der Waals surface area contributed by atoms with Crippen LogP contribution in [0.1, 0.15) is 5.56 Å². The molecule has 0 bridgehead atoms. The zero-order valence-electron chi connectivity index (χ0n) is 5.61. The third kappa shape index (κ3) is 1.72. The second kappa shape index (κ2) is 2.97. The molecule has 1 aromatic rings. The van der Waals surface area contributed by atoms with E-state index in [0.717, 1.165) is 0 Å². The lowest BCUT2D eigenvalue weighted by Crippen LogP contribution is -2.04. The van der Waals surface area contributed by atoms with Crippen LogP contribution in [-0.4, -0.2) is 5.11 Å².